The molecular formula is C21H32N2O3. The van der Waals surface area contributed by atoms with Gasteiger partial charge in [0.25, 0.3) is 0 Å². The Kier molecular flexibility index (Phi) is 7.66. The molecule has 1 aromatic carbocycles. The number of benzene rings is 1. The number of rotatable bonds is 10. The van der Waals surface area contributed by atoms with Gasteiger partial charge in [0.05, 0.1) is 5.71 Å². The van der Waals surface area contributed by atoms with Crippen LogP contribution in [0.4, 0.5) is 0 Å². The van der Waals surface area contributed by atoms with Crippen LogP contribution in [0.15, 0.2) is 33.7 Å². The zero-order chi connectivity index (χ0) is 19.1. The molecule has 144 valence electrons. The molecule has 0 bridgehead atoms. The molecule has 1 heterocycles. The Balaban J connectivity index is 1.99. The maximum atomic E-state index is 10.0. The molecule has 5 nitrogen and oxygen atoms in total. The van der Waals surface area contributed by atoms with E-state index in [0.29, 0.717) is 18.3 Å². The molecule has 0 aliphatic heterocycles. The second-order valence-corrected chi connectivity index (χ2v) is 6.96. The number of nitrogens with one attached hydrogen (secondary N) is 1. The maximum Gasteiger partial charge on any atom is 0.148 e. The van der Waals surface area contributed by atoms with Crippen molar-refractivity contribution in [3.8, 4) is 5.75 Å². The lowest BCUT2D eigenvalue weighted by atomic mass is 10.2. The van der Waals surface area contributed by atoms with Crippen LogP contribution in [-0.2, 0) is 0 Å². The fourth-order valence-corrected chi connectivity index (χ4v) is 2.50. The van der Waals surface area contributed by atoms with Crippen molar-refractivity contribution < 1.29 is 14.3 Å². The molecule has 2 aromatic rings. The predicted molar refractivity (Wildman–Crippen MR) is 107 cm³/mol. The number of hydrogen-bond acceptors (Lipinski definition) is 5. The van der Waals surface area contributed by atoms with E-state index >= 15 is 0 Å². The summed E-state index contributed by atoms with van der Waals surface area (Å²) < 4.78 is 11.6. The summed E-state index contributed by atoms with van der Waals surface area (Å²) >= 11 is 0. The van der Waals surface area contributed by atoms with Crippen LogP contribution in [0.25, 0.3) is 11.0 Å². The van der Waals surface area contributed by atoms with E-state index in [1.54, 1.807) is 0 Å². The molecule has 5 heteroatoms. The number of furan rings is 1. The zero-order valence-corrected chi connectivity index (χ0v) is 16.6. The first-order chi connectivity index (χ1) is 12.4. The Morgan fingerprint density at radius 1 is 1.23 bits per heavy atom. The van der Waals surface area contributed by atoms with Gasteiger partial charge in [0.15, 0.2) is 0 Å². The molecule has 1 aromatic heterocycles. The predicted octanol–water partition coefficient (Wildman–Crippen LogP) is 4.17. The van der Waals surface area contributed by atoms with E-state index in [1.165, 1.54) is 0 Å². The highest BCUT2D eigenvalue weighted by Crippen LogP contribution is 2.25. The molecule has 26 heavy (non-hydrogen) atoms. The molecule has 3 atom stereocenters. The van der Waals surface area contributed by atoms with Gasteiger partial charge < -0.3 is 19.6 Å². The first kappa shape index (κ1) is 20.5. The van der Waals surface area contributed by atoms with Gasteiger partial charge in [0.1, 0.15) is 29.8 Å². The average molecular weight is 360 g/mol. The number of aliphatic imine (C=N–C) groups is 1. The molecule has 0 amide bonds. The molecule has 0 aliphatic rings. The van der Waals surface area contributed by atoms with Crippen LogP contribution in [0.5, 0.6) is 5.75 Å². The van der Waals surface area contributed by atoms with Gasteiger partial charge in [-0.2, -0.15) is 0 Å². The number of fused-ring (bicyclic) bond motifs is 1. The molecule has 0 saturated carbocycles. The van der Waals surface area contributed by atoms with Gasteiger partial charge in [-0.15, -0.1) is 0 Å². The number of aliphatic hydroxyl groups is 1. The number of hydrogen-bond donors (Lipinski definition) is 2. The number of nitrogens with zero attached hydrogens (tertiary/aromatic N) is 1. The first-order valence-electron chi connectivity index (χ1n) is 9.55. The van der Waals surface area contributed by atoms with Crippen molar-refractivity contribution in [3.05, 3.63) is 30.0 Å². The highest BCUT2D eigenvalue weighted by molar-refractivity contribution is 5.99. The standard InChI is InChI=1S/C21H32N2O3/c1-6-14(3)22-12-18(24)13-25-19-9-8-17-10-20(26-21(17)11-19)16(5)23-15(4)7-2/h8-11,14-15,18,22,24H,6-7,12-13H2,1-5H3. The smallest absolute Gasteiger partial charge is 0.148 e. The fraction of sp³-hybridized carbons (Fsp3) is 0.571. The third kappa shape index (κ3) is 5.85. The van der Waals surface area contributed by atoms with Gasteiger partial charge in [0, 0.05) is 30.1 Å². The Bertz CT molecular complexity index is 723. The molecule has 2 N–H and O–H groups in total. The Morgan fingerprint density at radius 3 is 2.69 bits per heavy atom. The molecule has 3 unspecified atom stereocenters. The van der Waals surface area contributed by atoms with Gasteiger partial charge >= 0.3 is 0 Å². The quantitative estimate of drug-likeness (QED) is 0.624. The summed E-state index contributed by atoms with van der Waals surface area (Å²) in [5, 5.41) is 14.3. The van der Waals surface area contributed by atoms with Gasteiger partial charge in [0.2, 0.25) is 0 Å². The highest BCUT2D eigenvalue weighted by Gasteiger charge is 2.11. The van der Waals surface area contributed by atoms with Gasteiger partial charge in [-0.1, -0.05) is 13.8 Å². The third-order valence-corrected chi connectivity index (χ3v) is 4.61. The topological polar surface area (TPSA) is 67.0 Å². The molecule has 0 spiro atoms. The lowest BCUT2D eigenvalue weighted by molar-refractivity contribution is 0.104. The van der Waals surface area contributed by atoms with E-state index < -0.39 is 6.10 Å². The summed E-state index contributed by atoms with van der Waals surface area (Å²) in [6, 6.07) is 8.42. The summed E-state index contributed by atoms with van der Waals surface area (Å²) in [5.74, 6) is 1.48. The maximum absolute atomic E-state index is 10.0. The van der Waals surface area contributed by atoms with Crippen molar-refractivity contribution >= 4 is 16.7 Å². The van der Waals surface area contributed by atoms with Gasteiger partial charge in [-0.05, 0) is 51.8 Å². The fourth-order valence-electron chi connectivity index (χ4n) is 2.50. The van der Waals surface area contributed by atoms with Gasteiger partial charge in [-0.25, -0.2) is 0 Å². The van der Waals surface area contributed by atoms with Crippen LogP contribution in [0.1, 0.15) is 53.2 Å². The normalized spacial score (nSPS) is 15.8. The minimum atomic E-state index is -0.545. The second kappa shape index (κ2) is 9.74. The van der Waals surface area contributed by atoms with E-state index in [4.69, 9.17) is 9.15 Å². The second-order valence-electron chi connectivity index (χ2n) is 6.96. The Hall–Kier alpha value is -1.85. The van der Waals surface area contributed by atoms with Crippen molar-refractivity contribution in [2.75, 3.05) is 13.2 Å². The number of ether oxygens (including phenoxy) is 1. The molecule has 0 aliphatic carbocycles. The Labute approximate surface area is 156 Å². The van der Waals surface area contributed by atoms with Crippen LogP contribution in [0.2, 0.25) is 0 Å². The molecule has 2 rings (SSSR count). The van der Waals surface area contributed by atoms with E-state index in [2.05, 4.69) is 38.0 Å². The molecule has 0 fully saturated rings. The minimum Gasteiger partial charge on any atom is -0.491 e. The van der Waals surface area contributed by atoms with E-state index in [1.807, 2.05) is 31.2 Å². The Morgan fingerprint density at radius 2 is 2.00 bits per heavy atom. The van der Waals surface area contributed by atoms with Crippen molar-refractivity contribution in [1.82, 2.24) is 5.32 Å². The van der Waals surface area contributed by atoms with Crippen LogP contribution < -0.4 is 10.1 Å². The SMILES string of the molecule is CCC(C)N=C(C)c1cc2ccc(OCC(O)CNC(C)CC)cc2o1. The molecule has 0 radical (unpaired) electrons. The molecular weight excluding hydrogens is 328 g/mol. The summed E-state index contributed by atoms with van der Waals surface area (Å²) in [4.78, 5) is 4.64. The van der Waals surface area contributed by atoms with Crippen molar-refractivity contribution in [1.29, 1.82) is 0 Å². The van der Waals surface area contributed by atoms with Crippen LogP contribution in [0, 0.1) is 0 Å². The van der Waals surface area contributed by atoms with E-state index in [-0.39, 0.29) is 12.6 Å². The van der Waals surface area contributed by atoms with Gasteiger partial charge in [-0.3, -0.25) is 4.99 Å². The zero-order valence-electron chi connectivity index (χ0n) is 16.6. The first-order valence-corrected chi connectivity index (χ1v) is 9.55. The van der Waals surface area contributed by atoms with Crippen molar-refractivity contribution in [2.24, 2.45) is 4.99 Å². The lowest BCUT2D eigenvalue weighted by Gasteiger charge is -2.16. The van der Waals surface area contributed by atoms with Crippen molar-refractivity contribution in [2.45, 2.75) is 65.6 Å². The summed E-state index contributed by atoms with van der Waals surface area (Å²) in [5.41, 5.74) is 1.67. The van der Waals surface area contributed by atoms with Crippen molar-refractivity contribution in [3.63, 3.8) is 0 Å². The van der Waals surface area contributed by atoms with Crippen LogP contribution in [-0.4, -0.2) is 42.2 Å². The van der Waals surface area contributed by atoms with E-state index in [9.17, 15) is 5.11 Å². The summed E-state index contributed by atoms with van der Waals surface area (Å²) in [6.45, 7) is 11.2. The largest absolute Gasteiger partial charge is 0.491 e. The molecule has 0 saturated heterocycles. The van der Waals surface area contributed by atoms with Crippen LogP contribution >= 0.6 is 0 Å². The summed E-state index contributed by atoms with van der Waals surface area (Å²) in [7, 11) is 0. The van der Waals surface area contributed by atoms with Crippen LogP contribution in [0.3, 0.4) is 0 Å². The average Bonchev–Trinajstić information content (AvgIpc) is 3.07. The minimum absolute atomic E-state index is 0.247. The van der Waals surface area contributed by atoms with E-state index in [0.717, 1.165) is 35.3 Å². The summed E-state index contributed by atoms with van der Waals surface area (Å²) in [6.07, 6.45) is 1.49. The lowest BCUT2D eigenvalue weighted by Crippen LogP contribution is -2.36. The monoisotopic (exact) mass is 360 g/mol. The highest BCUT2D eigenvalue weighted by atomic mass is 16.5. The third-order valence-electron chi connectivity index (χ3n) is 4.61. The number of aliphatic hydroxyl groups excluding tert-OH is 1.